The number of benzene rings is 1. The third-order valence-corrected chi connectivity index (χ3v) is 9.51. The topological polar surface area (TPSA) is 31.2 Å². The minimum atomic E-state index is -1.75. The van der Waals surface area contributed by atoms with Crippen molar-refractivity contribution in [3.63, 3.8) is 0 Å². The second-order valence-electron chi connectivity index (χ2n) is 7.91. The van der Waals surface area contributed by atoms with Gasteiger partial charge in [-0.05, 0) is 43.3 Å². The number of aryl methyl sites for hydroxylation is 1. The van der Waals surface area contributed by atoms with Gasteiger partial charge in [-0.1, -0.05) is 32.4 Å². The van der Waals surface area contributed by atoms with Crippen LogP contribution in [0.1, 0.15) is 43.7 Å². The molecule has 0 N–H and O–H groups in total. The number of carbonyl (C=O) groups is 1. The molecule has 0 saturated carbocycles. The quantitative estimate of drug-likeness (QED) is 0.723. The van der Waals surface area contributed by atoms with Crippen LogP contribution in [0, 0.1) is 6.92 Å². The van der Waals surface area contributed by atoms with Crippen LogP contribution in [-0.2, 0) is 10.8 Å². The number of nitrogens with zero attached hydrogens (tertiary/aromatic N) is 1. The van der Waals surface area contributed by atoms with E-state index in [1.807, 2.05) is 10.6 Å². The predicted octanol–water partition coefficient (Wildman–Crippen LogP) is 5.17. The van der Waals surface area contributed by atoms with Gasteiger partial charge in [0.1, 0.15) is 0 Å². The summed E-state index contributed by atoms with van der Waals surface area (Å²) in [5, 5.41) is 1.33. The van der Waals surface area contributed by atoms with Crippen LogP contribution in [0.3, 0.4) is 0 Å². The number of hydrogen-bond acceptors (Lipinski definition) is 2. The summed E-state index contributed by atoms with van der Waals surface area (Å²) in [6, 6.07) is 8.34. The molecular weight excluding hydrogens is 302 g/mol. The largest absolute Gasteiger partial charge is 0.416 e. The minimum absolute atomic E-state index is 0.0613. The second-order valence-corrected chi connectivity index (χ2v) is 12.7. The summed E-state index contributed by atoms with van der Waals surface area (Å²) in [6.07, 6.45) is 0.764. The van der Waals surface area contributed by atoms with Crippen molar-refractivity contribution in [3.8, 4) is 0 Å². The molecule has 4 heteroatoms. The van der Waals surface area contributed by atoms with Crippen LogP contribution >= 0.6 is 0 Å². The Balaban J connectivity index is 2.23. The molecule has 0 fully saturated rings. The van der Waals surface area contributed by atoms with Gasteiger partial charge >= 0.3 is 0 Å². The Kier molecular flexibility index (Phi) is 4.88. The molecule has 0 unspecified atom stereocenters. The molecule has 0 radical (unpaired) electrons. The molecule has 23 heavy (non-hydrogen) atoms. The van der Waals surface area contributed by atoms with Crippen LogP contribution in [0.25, 0.3) is 10.9 Å². The third kappa shape index (κ3) is 3.75. The molecule has 3 nitrogen and oxygen atoms in total. The van der Waals surface area contributed by atoms with Crippen LogP contribution in [0.15, 0.2) is 24.3 Å². The van der Waals surface area contributed by atoms with E-state index in [4.69, 9.17) is 4.43 Å². The molecular formula is C19H29NO2Si. The van der Waals surface area contributed by atoms with Crippen molar-refractivity contribution in [3.05, 3.63) is 35.5 Å². The minimum Gasteiger partial charge on any atom is -0.416 e. The first-order valence-corrected chi connectivity index (χ1v) is 11.2. The highest BCUT2D eigenvalue weighted by Crippen LogP contribution is 2.36. The molecule has 0 aliphatic rings. The van der Waals surface area contributed by atoms with Crippen molar-refractivity contribution in [2.45, 2.75) is 59.2 Å². The van der Waals surface area contributed by atoms with E-state index >= 15 is 0 Å². The Bertz CT molecular complexity index is 723. The van der Waals surface area contributed by atoms with Crippen molar-refractivity contribution < 1.29 is 9.22 Å². The van der Waals surface area contributed by atoms with Gasteiger partial charge in [-0.3, -0.25) is 9.36 Å². The fourth-order valence-corrected chi connectivity index (χ4v) is 3.62. The van der Waals surface area contributed by atoms with Crippen molar-refractivity contribution >= 4 is 25.1 Å². The Morgan fingerprint density at radius 2 is 1.87 bits per heavy atom. The summed E-state index contributed by atoms with van der Waals surface area (Å²) < 4.78 is 8.09. The number of rotatable bonds is 4. The summed E-state index contributed by atoms with van der Waals surface area (Å²) in [4.78, 5) is 12.1. The van der Waals surface area contributed by atoms with E-state index in [1.54, 1.807) is 6.92 Å². The zero-order chi connectivity index (χ0) is 17.4. The highest BCUT2D eigenvalue weighted by Gasteiger charge is 2.36. The molecule has 1 aromatic carbocycles. The number of fused-ring (bicyclic) bond motifs is 1. The molecule has 0 atom stereocenters. The highest BCUT2D eigenvalue weighted by atomic mass is 28.4. The second kappa shape index (κ2) is 6.25. The van der Waals surface area contributed by atoms with Gasteiger partial charge < -0.3 is 4.43 Å². The van der Waals surface area contributed by atoms with E-state index < -0.39 is 8.32 Å². The van der Waals surface area contributed by atoms with Gasteiger partial charge in [0.15, 0.2) is 8.32 Å². The zero-order valence-electron chi connectivity index (χ0n) is 15.5. The summed E-state index contributed by atoms with van der Waals surface area (Å²) in [5.41, 5.74) is 3.24. The van der Waals surface area contributed by atoms with Gasteiger partial charge in [0.05, 0.1) is 5.52 Å². The maximum Gasteiger partial charge on any atom is 0.228 e. The molecule has 0 saturated heterocycles. The molecule has 1 aromatic heterocycles. The lowest BCUT2D eigenvalue weighted by Crippen LogP contribution is -2.41. The average molecular weight is 332 g/mol. The number of aromatic nitrogens is 1. The molecule has 0 bridgehead atoms. The molecule has 0 spiro atoms. The van der Waals surface area contributed by atoms with Crippen LogP contribution < -0.4 is 0 Å². The smallest absolute Gasteiger partial charge is 0.228 e. The van der Waals surface area contributed by atoms with E-state index in [9.17, 15) is 4.79 Å². The normalized spacial score (nSPS) is 12.8. The SMILES string of the molecule is CC(=O)n1c(CCO[Si](C)(C)C(C)(C)C)cc2cc(C)ccc21. The first kappa shape index (κ1) is 18.0. The van der Waals surface area contributed by atoms with Crippen LogP contribution in [0.4, 0.5) is 0 Å². The van der Waals surface area contributed by atoms with Crippen LogP contribution in [0.2, 0.25) is 18.1 Å². The van der Waals surface area contributed by atoms with Gasteiger partial charge in [0.2, 0.25) is 5.91 Å². The molecule has 126 valence electrons. The van der Waals surface area contributed by atoms with E-state index in [1.165, 1.54) is 5.56 Å². The number of carbonyl (C=O) groups excluding carboxylic acids is 1. The first-order chi connectivity index (χ1) is 10.5. The summed E-state index contributed by atoms with van der Waals surface area (Å²) >= 11 is 0. The average Bonchev–Trinajstić information content (AvgIpc) is 2.74. The van der Waals surface area contributed by atoms with Crippen molar-refractivity contribution in [1.82, 2.24) is 4.57 Å². The first-order valence-electron chi connectivity index (χ1n) is 8.29. The van der Waals surface area contributed by atoms with E-state index in [2.05, 4.69) is 59.0 Å². The van der Waals surface area contributed by atoms with Gasteiger partial charge in [-0.15, -0.1) is 0 Å². The Hall–Kier alpha value is -1.39. The van der Waals surface area contributed by atoms with Crippen molar-refractivity contribution in [2.75, 3.05) is 6.61 Å². The summed E-state index contributed by atoms with van der Waals surface area (Å²) in [7, 11) is -1.75. The maximum absolute atomic E-state index is 12.1. The number of hydrogen-bond donors (Lipinski definition) is 0. The summed E-state index contributed by atoms with van der Waals surface area (Å²) in [5.74, 6) is 0.0613. The van der Waals surface area contributed by atoms with Gasteiger partial charge in [-0.25, -0.2) is 0 Å². The van der Waals surface area contributed by atoms with E-state index in [-0.39, 0.29) is 10.9 Å². The zero-order valence-corrected chi connectivity index (χ0v) is 16.5. The van der Waals surface area contributed by atoms with Crippen LogP contribution in [-0.4, -0.2) is 25.4 Å². The maximum atomic E-state index is 12.1. The van der Waals surface area contributed by atoms with E-state index in [0.717, 1.165) is 23.0 Å². The lowest BCUT2D eigenvalue weighted by atomic mass is 10.2. The molecule has 0 aliphatic heterocycles. The Morgan fingerprint density at radius 3 is 2.43 bits per heavy atom. The fourth-order valence-electron chi connectivity index (χ4n) is 2.58. The van der Waals surface area contributed by atoms with Gasteiger partial charge in [0.25, 0.3) is 0 Å². The molecule has 0 aliphatic carbocycles. The van der Waals surface area contributed by atoms with Crippen molar-refractivity contribution in [2.24, 2.45) is 0 Å². The fraction of sp³-hybridized carbons (Fsp3) is 0.526. The molecule has 2 aromatic rings. The Morgan fingerprint density at radius 1 is 1.22 bits per heavy atom. The third-order valence-electron chi connectivity index (χ3n) is 4.98. The molecule has 2 rings (SSSR count). The van der Waals surface area contributed by atoms with Crippen LogP contribution in [0.5, 0.6) is 0 Å². The lowest BCUT2D eigenvalue weighted by molar-refractivity contribution is 0.0938. The van der Waals surface area contributed by atoms with E-state index in [0.29, 0.717) is 6.61 Å². The summed E-state index contributed by atoms with van der Waals surface area (Å²) in [6.45, 7) is 15.6. The molecule has 1 heterocycles. The monoisotopic (exact) mass is 331 g/mol. The van der Waals surface area contributed by atoms with Crippen molar-refractivity contribution in [1.29, 1.82) is 0 Å². The standard InChI is InChI=1S/C19H29NO2Si/c1-14-8-9-18-16(12-14)13-17(20(18)15(2)21)10-11-22-23(6,7)19(3,4)5/h8-9,12-13H,10-11H2,1-7H3. The highest BCUT2D eigenvalue weighted by molar-refractivity contribution is 6.74. The predicted molar refractivity (Wildman–Crippen MR) is 99.8 cm³/mol. The lowest BCUT2D eigenvalue weighted by Gasteiger charge is -2.36. The van der Waals surface area contributed by atoms with Gasteiger partial charge in [0, 0.05) is 31.0 Å². The van der Waals surface area contributed by atoms with Gasteiger partial charge in [-0.2, -0.15) is 0 Å². The molecule has 0 amide bonds. The Labute approximate surface area is 140 Å².